The maximum absolute atomic E-state index is 14.0. The van der Waals surface area contributed by atoms with Crippen LogP contribution in [0.1, 0.15) is 21.9 Å². The summed E-state index contributed by atoms with van der Waals surface area (Å²) in [5.41, 5.74) is 2.16. The van der Waals surface area contributed by atoms with E-state index in [1.807, 2.05) is 38.2 Å². The summed E-state index contributed by atoms with van der Waals surface area (Å²) in [6, 6.07) is 10.1. The van der Waals surface area contributed by atoms with Crippen molar-refractivity contribution in [3.05, 3.63) is 75.8 Å². The number of fused-ring (bicyclic) bond motifs is 1. The standard InChI is InChI=1S/C21H20FN5O2S/c1-12-19(30-14-4-6-16-13(8-14)10-24-25-16)9-17(26(12)2)21(29)23-11-18-15(22)5-7-20(28)27(18)3/h4-10H,11H2,1-3H3,(H,23,29)(H,24,25). The Balaban J connectivity index is 1.54. The monoisotopic (exact) mass is 425 g/mol. The summed E-state index contributed by atoms with van der Waals surface area (Å²) in [6.45, 7) is 1.86. The van der Waals surface area contributed by atoms with Crippen molar-refractivity contribution in [3.8, 4) is 0 Å². The highest BCUT2D eigenvalue weighted by molar-refractivity contribution is 7.99. The van der Waals surface area contributed by atoms with Crippen LogP contribution in [0.5, 0.6) is 0 Å². The number of rotatable bonds is 5. The zero-order valence-corrected chi connectivity index (χ0v) is 17.5. The average molecular weight is 425 g/mol. The van der Waals surface area contributed by atoms with Crippen molar-refractivity contribution in [2.75, 3.05) is 0 Å². The molecule has 9 heteroatoms. The lowest BCUT2D eigenvalue weighted by Crippen LogP contribution is -2.30. The fourth-order valence-corrected chi connectivity index (χ4v) is 4.24. The van der Waals surface area contributed by atoms with Gasteiger partial charge in [-0.05, 0) is 37.3 Å². The molecule has 2 N–H and O–H groups in total. The van der Waals surface area contributed by atoms with Gasteiger partial charge in [0, 0.05) is 41.0 Å². The smallest absolute Gasteiger partial charge is 0.268 e. The number of benzene rings is 1. The largest absolute Gasteiger partial charge is 0.345 e. The number of nitrogens with zero attached hydrogens (tertiary/aromatic N) is 3. The van der Waals surface area contributed by atoms with Gasteiger partial charge >= 0.3 is 0 Å². The average Bonchev–Trinajstić information content (AvgIpc) is 3.30. The van der Waals surface area contributed by atoms with Crippen molar-refractivity contribution >= 4 is 28.6 Å². The molecule has 0 spiro atoms. The topological polar surface area (TPSA) is 84.7 Å². The number of nitrogens with one attached hydrogen (secondary N) is 2. The molecule has 30 heavy (non-hydrogen) atoms. The van der Waals surface area contributed by atoms with Crippen LogP contribution in [-0.4, -0.2) is 25.2 Å². The minimum Gasteiger partial charge on any atom is -0.345 e. The van der Waals surface area contributed by atoms with E-state index >= 15 is 0 Å². The minimum absolute atomic E-state index is 0.0822. The van der Waals surface area contributed by atoms with Crippen LogP contribution in [0.25, 0.3) is 10.9 Å². The Labute approximate surface area is 175 Å². The lowest BCUT2D eigenvalue weighted by Gasteiger charge is -2.11. The van der Waals surface area contributed by atoms with Gasteiger partial charge in [0.1, 0.15) is 11.5 Å². The molecule has 0 aliphatic carbocycles. The van der Waals surface area contributed by atoms with Gasteiger partial charge in [-0.3, -0.25) is 14.7 Å². The molecule has 0 unspecified atom stereocenters. The molecule has 7 nitrogen and oxygen atoms in total. The molecule has 4 rings (SSSR count). The second-order valence-corrected chi connectivity index (χ2v) is 8.08. The van der Waals surface area contributed by atoms with Crippen LogP contribution in [0.2, 0.25) is 0 Å². The second kappa shape index (κ2) is 7.83. The van der Waals surface area contributed by atoms with Crippen LogP contribution in [0.4, 0.5) is 4.39 Å². The SMILES string of the molecule is Cc1c(Sc2ccc3[nH]ncc3c2)cc(C(=O)NCc2c(F)ccc(=O)n2C)n1C. The summed E-state index contributed by atoms with van der Waals surface area (Å²) in [7, 11) is 3.29. The van der Waals surface area contributed by atoms with E-state index in [0.29, 0.717) is 5.69 Å². The zero-order valence-electron chi connectivity index (χ0n) is 16.7. The molecule has 0 saturated carbocycles. The Kier molecular flexibility index (Phi) is 5.21. The molecule has 0 fully saturated rings. The van der Waals surface area contributed by atoms with E-state index in [4.69, 9.17) is 0 Å². The fourth-order valence-electron chi connectivity index (χ4n) is 3.21. The van der Waals surface area contributed by atoms with Crippen LogP contribution >= 0.6 is 11.8 Å². The molecular formula is C21H20FN5O2S. The number of carbonyl (C=O) groups excluding carboxylic acids is 1. The van der Waals surface area contributed by atoms with E-state index in [9.17, 15) is 14.0 Å². The van der Waals surface area contributed by atoms with Gasteiger partial charge in [-0.25, -0.2) is 4.39 Å². The number of amides is 1. The van der Waals surface area contributed by atoms with E-state index in [1.165, 1.54) is 11.6 Å². The van der Waals surface area contributed by atoms with Crippen molar-refractivity contribution in [3.63, 3.8) is 0 Å². The maximum atomic E-state index is 14.0. The van der Waals surface area contributed by atoms with Crippen LogP contribution in [0.3, 0.4) is 0 Å². The summed E-state index contributed by atoms with van der Waals surface area (Å²) in [6.07, 6.45) is 1.77. The molecule has 0 atom stereocenters. The van der Waals surface area contributed by atoms with Gasteiger partial charge < -0.3 is 14.5 Å². The highest BCUT2D eigenvalue weighted by Crippen LogP contribution is 2.33. The summed E-state index contributed by atoms with van der Waals surface area (Å²) < 4.78 is 17.0. The van der Waals surface area contributed by atoms with Crippen LogP contribution < -0.4 is 10.9 Å². The van der Waals surface area contributed by atoms with Gasteiger partial charge in [0.15, 0.2) is 0 Å². The maximum Gasteiger partial charge on any atom is 0.268 e. The molecule has 154 valence electrons. The Bertz CT molecular complexity index is 1320. The number of halogens is 1. The van der Waals surface area contributed by atoms with E-state index in [0.717, 1.165) is 38.5 Å². The molecule has 3 aromatic heterocycles. The van der Waals surface area contributed by atoms with Crippen molar-refractivity contribution in [1.82, 2.24) is 24.6 Å². The summed E-state index contributed by atoms with van der Waals surface area (Å²) in [5.74, 6) is -0.875. The first kappa shape index (κ1) is 20.0. The molecule has 0 bridgehead atoms. The van der Waals surface area contributed by atoms with E-state index < -0.39 is 5.82 Å². The van der Waals surface area contributed by atoms with Gasteiger partial charge in [-0.2, -0.15) is 5.10 Å². The second-order valence-electron chi connectivity index (χ2n) is 6.97. The third-order valence-corrected chi connectivity index (χ3v) is 6.28. The Hall–Kier alpha value is -3.33. The molecule has 4 aromatic rings. The van der Waals surface area contributed by atoms with Gasteiger partial charge in [0.2, 0.25) is 0 Å². The van der Waals surface area contributed by atoms with Gasteiger partial charge in [0.25, 0.3) is 11.5 Å². The van der Waals surface area contributed by atoms with E-state index in [2.05, 4.69) is 15.5 Å². The Morgan fingerprint density at radius 2 is 2.00 bits per heavy atom. The number of aromatic amines is 1. The zero-order chi connectivity index (χ0) is 21.4. The molecule has 1 amide bonds. The highest BCUT2D eigenvalue weighted by atomic mass is 32.2. The summed E-state index contributed by atoms with van der Waals surface area (Å²) in [5, 5.41) is 10.7. The quantitative estimate of drug-likeness (QED) is 0.515. The first-order chi connectivity index (χ1) is 14.3. The summed E-state index contributed by atoms with van der Waals surface area (Å²) >= 11 is 1.56. The third kappa shape index (κ3) is 3.63. The van der Waals surface area contributed by atoms with Crippen LogP contribution in [0, 0.1) is 12.7 Å². The van der Waals surface area contributed by atoms with Crippen LogP contribution in [0.15, 0.2) is 57.2 Å². The number of H-pyrrole nitrogens is 1. The van der Waals surface area contributed by atoms with Crippen molar-refractivity contribution < 1.29 is 9.18 Å². The normalized spacial score (nSPS) is 11.2. The van der Waals surface area contributed by atoms with Crippen molar-refractivity contribution in [1.29, 1.82) is 0 Å². The molecule has 0 saturated heterocycles. The first-order valence-electron chi connectivity index (χ1n) is 9.25. The summed E-state index contributed by atoms with van der Waals surface area (Å²) in [4.78, 5) is 26.4. The fraction of sp³-hybridized carbons (Fsp3) is 0.190. The number of pyridine rings is 1. The van der Waals surface area contributed by atoms with Crippen molar-refractivity contribution in [2.45, 2.75) is 23.3 Å². The number of hydrogen-bond donors (Lipinski definition) is 2. The van der Waals surface area contributed by atoms with Gasteiger partial charge in [0.05, 0.1) is 24.0 Å². The molecule has 0 aliphatic heterocycles. The highest BCUT2D eigenvalue weighted by Gasteiger charge is 2.17. The van der Waals surface area contributed by atoms with Crippen LogP contribution in [-0.2, 0) is 20.6 Å². The Morgan fingerprint density at radius 1 is 1.20 bits per heavy atom. The lowest BCUT2D eigenvalue weighted by atomic mass is 10.3. The minimum atomic E-state index is -0.536. The molecule has 0 aliphatic rings. The molecule has 1 aromatic carbocycles. The predicted molar refractivity (Wildman–Crippen MR) is 113 cm³/mol. The lowest BCUT2D eigenvalue weighted by molar-refractivity contribution is 0.0941. The number of hydrogen-bond acceptors (Lipinski definition) is 4. The molecule has 0 radical (unpaired) electrons. The first-order valence-corrected chi connectivity index (χ1v) is 10.1. The third-order valence-electron chi connectivity index (χ3n) is 5.16. The van der Waals surface area contributed by atoms with E-state index in [1.54, 1.807) is 22.5 Å². The van der Waals surface area contributed by atoms with E-state index in [-0.39, 0.29) is 23.7 Å². The van der Waals surface area contributed by atoms with Gasteiger partial charge in [-0.15, -0.1) is 0 Å². The van der Waals surface area contributed by atoms with Gasteiger partial charge in [-0.1, -0.05) is 11.8 Å². The molecular weight excluding hydrogens is 405 g/mol. The van der Waals surface area contributed by atoms with Crippen molar-refractivity contribution in [2.24, 2.45) is 14.1 Å². The number of carbonyl (C=O) groups is 1. The molecule has 3 heterocycles. The predicted octanol–water partition coefficient (Wildman–Crippen LogP) is 3.13. The Morgan fingerprint density at radius 3 is 2.80 bits per heavy atom. The number of aromatic nitrogens is 4.